The largest absolute Gasteiger partial charge is 0.497 e. The highest BCUT2D eigenvalue weighted by atomic mass is 35.5. The Bertz CT molecular complexity index is 1190. The number of fused-ring (bicyclic) bond motifs is 1. The Balaban J connectivity index is 1.27. The van der Waals surface area contributed by atoms with Crippen LogP contribution in [0.3, 0.4) is 0 Å². The Labute approximate surface area is 227 Å². The van der Waals surface area contributed by atoms with Crippen molar-refractivity contribution in [2.45, 2.75) is 43.4 Å². The van der Waals surface area contributed by atoms with E-state index in [2.05, 4.69) is 16.0 Å². The second kappa shape index (κ2) is 13.4. The summed E-state index contributed by atoms with van der Waals surface area (Å²) in [5.41, 5.74) is 2.22. The highest BCUT2D eigenvalue weighted by Crippen LogP contribution is 2.32. The van der Waals surface area contributed by atoms with Crippen molar-refractivity contribution in [2.24, 2.45) is 11.8 Å². The van der Waals surface area contributed by atoms with Crippen molar-refractivity contribution in [3.05, 3.63) is 65.1 Å². The molecule has 0 amide bonds. The molecule has 1 saturated heterocycles. The Morgan fingerprint density at radius 2 is 2.08 bits per heavy atom. The zero-order valence-electron chi connectivity index (χ0n) is 21.2. The number of thioether (sulfide) groups is 1. The van der Waals surface area contributed by atoms with Crippen molar-refractivity contribution >= 4 is 40.2 Å². The van der Waals surface area contributed by atoms with Crippen molar-refractivity contribution in [1.29, 1.82) is 0 Å². The first-order chi connectivity index (χ1) is 17.9. The maximum atomic E-state index is 13.5. The standard InChI is InChI=1S/C29H34ClFN2O3S/c1-36-25-6-7-28-27(18-25)21(8-10-32-28)5-2-4-20-9-12-33(19-22(20)14-29(34)35)11-3-13-37-26-16-23(30)15-24(31)17-26/h6-8,10,15-18,20,22H,2-5,9,11-14,19H2,1H3,(H,34,35)/t20-,22+/m1/s1. The van der Waals surface area contributed by atoms with Gasteiger partial charge in [-0.3, -0.25) is 9.78 Å². The lowest BCUT2D eigenvalue weighted by atomic mass is 9.80. The number of hydrogen-bond donors (Lipinski definition) is 1. The number of pyridine rings is 1. The van der Waals surface area contributed by atoms with Gasteiger partial charge in [0.05, 0.1) is 12.6 Å². The van der Waals surface area contributed by atoms with Gasteiger partial charge in [-0.05, 0) is 111 Å². The number of hydrogen-bond acceptors (Lipinski definition) is 5. The van der Waals surface area contributed by atoms with Crippen LogP contribution >= 0.6 is 23.4 Å². The minimum absolute atomic E-state index is 0.162. The summed E-state index contributed by atoms with van der Waals surface area (Å²) < 4.78 is 18.9. The molecule has 0 aliphatic carbocycles. The predicted molar refractivity (Wildman–Crippen MR) is 148 cm³/mol. The number of carboxylic acids is 1. The van der Waals surface area contributed by atoms with E-state index in [1.165, 1.54) is 17.7 Å². The molecule has 198 valence electrons. The van der Waals surface area contributed by atoms with Crippen LogP contribution < -0.4 is 4.74 Å². The van der Waals surface area contributed by atoms with E-state index in [4.69, 9.17) is 16.3 Å². The van der Waals surface area contributed by atoms with Crippen molar-refractivity contribution in [2.75, 3.05) is 32.5 Å². The number of carboxylic acid groups (broad SMARTS) is 1. The first kappa shape index (κ1) is 27.7. The van der Waals surface area contributed by atoms with Gasteiger partial charge in [0.25, 0.3) is 0 Å². The summed E-state index contributed by atoms with van der Waals surface area (Å²) in [7, 11) is 1.67. The highest BCUT2D eigenvalue weighted by molar-refractivity contribution is 7.99. The van der Waals surface area contributed by atoms with Gasteiger partial charge in [0.15, 0.2) is 0 Å². The van der Waals surface area contributed by atoms with Gasteiger partial charge in [-0.25, -0.2) is 4.39 Å². The van der Waals surface area contributed by atoms with Gasteiger partial charge in [-0.15, -0.1) is 11.8 Å². The molecule has 1 aliphatic heterocycles. The van der Waals surface area contributed by atoms with Crippen LogP contribution in [0, 0.1) is 17.7 Å². The van der Waals surface area contributed by atoms with E-state index in [1.807, 2.05) is 24.4 Å². The number of aliphatic carboxylic acids is 1. The topological polar surface area (TPSA) is 62.7 Å². The normalized spacial score (nSPS) is 18.2. The number of likely N-dealkylation sites (tertiary alicyclic amines) is 1. The van der Waals surface area contributed by atoms with E-state index in [0.29, 0.717) is 10.9 Å². The molecule has 2 heterocycles. The maximum absolute atomic E-state index is 13.5. The van der Waals surface area contributed by atoms with Crippen LogP contribution in [0.5, 0.6) is 5.75 Å². The number of benzene rings is 2. The molecule has 2 atom stereocenters. The zero-order chi connectivity index (χ0) is 26.2. The Hall–Kier alpha value is -2.35. The fourth-order valence-electron chi connectivity index (χ4n) is 5.37. The lowest BCUT2D eigenvalue weighted by molar-refractivity contribution is -0.139. The Morgan fingerprint density at radius 1 is 1.22 bits per heavy atom. The van der Waals surface area contributed by atoms with Crippen LogP contribution in [0.4, 0.5) is 4.39 Å². The number of piperidine rings is 1. The predicted octanol–water partition coefficient (Wildman–Crippen LogP) is 6.95. The molecule has 8 heteroatoms. The molecule has 5 nitrogen and oxygen atoms in total. The second-order valence-corrected chi connectivity index (χ2v) is 11.4. The number of carbonyl (C=O) groups is 1. The molecule has 4 rings (SSSR count). The Morgan fingerprint density at radius 3 is 2.86 bits per heavy atom. The molecule has 37 heavy (non-hydrogen) atoms. The molecule has 0 bridgehead atoms. The third kappa shape index (κ3) is 8.06. The molecule has 0 spiro atoms. The SMILES string of the molecule is COc1ccc2nccc(CCC[C@@H]3CCN(CCCSc4cc(F)cc(Cl)c4)C[C@@H]3CC(=O)O)c2c1. The molecule has 2 aromatic carbocycles. The van der Waals surface area contributed by atoms with Crippen LogP contribution in [0.25, 0.3) is 10.9 Å². The molecule has 0 saturated carbocycles. The van der Waals surface area contributed by atoms with Gasteiger partial charge in [0.1, 0.15) is 11.6 Å². The van der Waals surface area contributed by atoms with E-state index >= 15 is 0 Å². The number of methoxy groups -OCH3 is 1. The van der Waals surface area contributed by atoms with Crippen LogP contribution in [0.15, 0.2) is 53.6 Å². The minimum atomic E-state index is -0.720. The van der Waals surface area contributed by atoms with Crippen molar-refractivity contribution < 1.29 is 19.0 Å². The third-order valence-corrected chi connectivity index (χ3v) is 8.48. The zero-order valence-corrected chi connectivity index (χ0v) is 22.7. The van der Waals surface area contributed by atoms with Crippen LogP contribution in [0.2, 0.25) is 5.02 Å². The number of aryl methyl sites for hydroxylation is 1. The van der Waals surface area contributed by atoms with Crippen LogP contribution in [-0.4, -0.2) is 53.5 Å². The van der Waals surface area contributed by atoms with Crippen LogP contribution in [-0.2, 0) is 11.2 Å². The first-order valence-corrected chi connectivity index (χ1v) is 14.2. The van der Waals surface area contributed by atoms with Gasteiger partial charge in [0.2, 0.25) is 0 Å². The van der Waals surface area contributed by atoms with Crippen LogP contribution in [0.1, 0.15) is 37.7 Å². The fourth-order valence-corrected chi connectivity index (χ4v) is 6.57. The number of ether oxygens (including phenoxy) is 1. The van der Waals surface area contributed by atoms with Crippen molar-refractivity contribution in [3.63, 3.8) is 0 Å². The molecule has 1 N–H and O–H groups in total. The highest BCUT2D eigenvalue weighted by Gasteiger charge is 2.30. The second-order valence-electron chi connectivity index (χ2n) is 9.76. The summed E-state index contributed by atoms with van der Waals surface area (Å²) in [6.07, 6.45) is 7.04. The molecular formula is C29H34ClFN2O3S. The number of aromatic nitrogens is 1. The molecular weight excluding hydrogens is 511 g/mol. The van der Waals surface area contributed by atoms with E-state index in [9.17, 15) is 14.3 Å². The molecule has 0 unspecified atom stereocenters. The van der Waals surface area contributed by atoms with Gasteiger partial charge in [-0.2, -0.15) is 0 Å². The first-order valence-electron chi connectivity index (χ1n) is 12.9. The van der Waals surface area contributed by atoms with E-state index < -0.39 is 5.97 Å². The molecule has 1 aromatic heterocycles. The van der Waals surface area contributed by atoms with Gasteiger partial charge >= 0.3 is 5.97 Å². The lowest BCUT2D eigenvalue weighted by Gasteiger charge is -2.38. The minimum Gasteiger partial charge on any atom is -0.497 e. The van der Waals surface area contributed by atoms with E-state index in [-0.39, 0.29) is 18.2 Å². The van der Waals surface area contributed by atoms with E-state index in [0.717, 1.165) is 79.0 Å². The fraction of sp³-hybridized carbons (Fsp3) is 0.448. The van der Waals surface area contributed by atoms with Crippen molar-refractivity contribution in [3.8, 4) is 5.75 Å². The smallest absolute Gasteiger partial charge is 0.303 e. The van der Waals surface area contributed by atoms with Gasteiger partial charge < -0.3 is 14.7 Å². The average Bonchev–Trinajstić information content (AvgIpc) is 2.86. The molecule has 0 radical (unpaired) electrons. The summed E-state index contributed by atoms with van der Waals surface area (Å²) in [6, 6.07) is 12.7. The number of halogens is 2. The number of rotatable bonds is 12. The summed E-state index contributed by atoms with van der Waals surface area (Å²) in [5.74, 6) is 1.24. The quantitative estimate of drug-likeness (QED) is 0.196. The number of nitrogens with zero attached hydrogens (tertiary/aromatic N) is 2. The maximum Gasteiger partial charge on any atom is 0.303 e. The van der Waals surface area contributed by atoms with E-state index in [1.54, 1.807) is 24.9 Å². The molecule has 3 aromatic rings. The van der Waals surface area contributed by atoms with Gasteiger partial charge in [-0.1, -0.05) is 11.6 Å². The van der Waals surface area contributed by atoms with Gasteiger partial charge in [0, 0.05) is 34.5 Å². The molecule has 1 aliphatic rings. The van der Waals surface area contributed by atoms with Crippen molar-refractivity contribution in [1.82, 2.24) is 9.88 Å². The lowest BCUT2D eigenvalue weighted by Crippen LogP contribution is -2.41. The monoisotopic (exact) mass is 544 g/mol. The summed E-state index contributed by atoms with van der Waals surface area (Å²) in [5, 5.41) is 11.1. The third-order valence-electron chi connectivity index (χ3n) is 7.20. The summed E-state index contributed by atoms with van der Waals surface area (Å²) in [6.45, 7) is 2.74. The summed E-state index contributed by atoms with van der Waals surface area (Å²) >= 11 is 7.55. The summed E-state index contributed by atoms with van der Waals surface area (Å²) in [4.78, 5) is 19.3. The Kier molecular flexibility index (Phi) is 10.1. The molecule has 1 fully saturated rings. The average molecular weight is 545 g/mol.